The zero-order chi connectivity index (χ0) is 23.6. The van der Waals surface area contributed by atoms with Crippen molar-refractivity contribution < 1.29 is 9.59 Å². The standard InChI is InChI=1S/C27H30BrN3O2/c1-19(2)25(31-27(33)30-23-15-9-14-22(28)18-23)26(32)29-17-16-24(20-10-5-3-6-11-20)21-12-7-4-8-13-21/h3-15,18-19,24-25H,16-17H2,1-2H3,(H,29,32)(H2,30,31,33). The molecule has 0 heterocycles. The Balaban J connectivity index is 1.59. The average molecular weight is 508 g/mol. The molecular weight excluding hydrogens is 478 g/mol. The van der Waals surface area contributed by atoms with Crippen LogP contribution in [-0.2, 0) is 4.79 Å². The Morgan fingerprint density at radius 1 is 0.848 bits per heavy atom. The minimum Gasteiger partial charge on any atom is -0.354 e. The number of amides is 3. The molecule has 0 bridgehead atoms. The number of urea groups is 1. The first-order chi connectivity index (χ1) is 15.9. The van der Waals surface area contributed by atoms with Gasteiger partial charge in [-0.15, -0.1) is 0 Å². The van der Waals surface area contributed by atoms with E-state index in [-0.39, 0.29) is 17.7 Å². The highest BCUT2D eigenvalue weighted by Gasteiger charge is 2.24. The van der Waals surface area contributed by atoms with E-state index < -0.39 is 12.1 Å². The van der Waals surface area contributed by atoms with Crippen LogP contribution in [0.15, 0.2) is 89.4 Å². The lowest BCUT2D eigenvalue weighted by molar-refractivity contribution is -0.123. The smallest absolute Gasteiger partial charge is 0.319 e. The number of anilines is 1. The second-order valence-corrected chi connectivity index (χ2v) is 9.20. The summed E-state index contributed by atoms with van der Waals surface area (Å²) in [6.45, 7) is 4.34. The van der Waals surface area contributed by atoms with E-state index in [2.05, 4.69) is 56.1 Å². The number of rotatable bonds is 9. The summed E-state index contributed by atoms with van der Waals surface area (Å²) in [5.74, 6) is -0.0652. The van der Waals surface area contributed by atoms with Gasteiger partial charge in [-0.2, -0.15) is 0 Å². The van der Waals surface area contributed by atoms with E-state index in [1.54, 1.807) is 12.1 Å². The normalized spacial score (nSPS) is 11.8. The molecule has 1 atom stereocenters. The zero-order valence-corrected chi connectivity index (χ0v) is 20.5. The molecule has 5 nitrogen and oxygen atoms in total. The van der Waals surface area contributed by atoms with Gasteiger partial charge in [-0.3, -0.25) is 4.79 Å². The van der Waals surface area contributed by atoms with Crippen LogP contribution < -0.4 is 16.0 Å². The van der Waals surface area contributed by atoms with E-state index in [1.807, 2.05) is 62.4 Å². The molecular formula is C27H30BrN3O2. The summed E-state index contributed by atoms with van der Waals surface area (Å²) in [5.41, 5.74) is 3.08. The highest BCUT2D eigenvalue weighted by Crippen LogP contribution is 2.27. The second kappa shape index (κ2) is 12.2. The molecule has 1 unspecified atom stereocenters. The van der Waals surface area contributed by atoms with E-state index in [1.165, 1.54) is 11.1 Å². The molecule has 0 aliphatic rings. The summed E-state index contributed by atoms with van der Waals surface area (Å²) in [4.78, 5) is 25.4. The first-order valence-electron chi connectivity index (χ1n) is 11.1. The molecule has 0 aliphatic heterocycles. The minimum absolute atomic E-state index is 0.0581. The molecule has 3 aromatic carbocycles. The van der Waals surface area contributed by atoms with Crippen LogP contribution in [0, 0.1) is 5.92 Å². The predicted octanol–water partition coefficient (Wildman–Crippen LogP) is 5.93. The lowest BCUT2D eigenvalue weighted by Crippen LogP contribution is -2.51. The summed E-state index contributed by atoms with van der Waals surface area (Å²) in [6, 6.07) is 26.9. The summed E-state index contributed by atoms with van der Waals surface area (Å²) >= 11 is 3.39. The molecule has 0 saturated carbocycles. The van der Waals surface area contributed by atoms with Crippen molar-refractivity contribution in [1.29, 1.82) is 0 Å². The molecule has 0 spiro atoms. The fraction of sp³-hybridized carbons (Fsp3) is 0.259. The van der Waals surface area contributed by atoms with Crippen LogP contribution in [0.1, 0.15) is 37.3 Å². The van der Waals surface area contributed by atoms with Gasteiger partial charge < -0.3 is 16.0 Å². The topological polar surface area (TPSA) is 70.2 Å². The van der Waals surface area contributed by atoms with Crippen molar-refractivity contribution in [3.05, 3.63) is 101 Å². The fourth-order valence-electron chi connectivity index (χ4n) is 3.76. The largest absolute Gasteiger partial charge is 0.354 e. The van der Waals surface area contributed by atoms with Crippen molar-refractivity contribution in [2.24, 2.45) is 5.92 Å². The van der Waals surface area contributed by atoms with Gasteiger partial charge in [0.25, 0.3) is 0 Å². The Kier molecular flexibility index (Phi) is 9.07. The average Bonchev–Trinajstić information content (AvgIpc) is 2.81. The number of carbonyl (C=O) groups is 2. The number of benzene rings is 3. The molecule has 3 amide bonds. The van der Waals surface area contributed by atoms with E-state index >= 15 is 0 Å². The number of hydrogen-bond acceptors (Lipinski definition) is 2. The van der Waals surface area contributed by atoms with Gasteiger partial charge in [-0.05, 0) is 41.7 Å². The maximum atomic E-state index is 12.9. The molecule has 3 rings (SSSR count). The van der Waals surface area contributed by atoms with Gasteiger partial charge in [0.05, 0.1) is 0 Å². The van der Waals surface area contributed by atoms with Crippen LogP contribution in [0.3, 0.4) is 0 Å². The number of nitrogens with one attached hydrogen (secondary N) is 3. The molecule has 3 N–H and O–H groups in total. The maximum Gasteiger partial charge on any atom is 0.319 e. The van der Waals surface area contributed by atoms with E-state index in [9.17, 15) is 9.59 Å². The van der Waals surface area contributed by atoms with Gasteiger partial charge in [-0.1, -0.05) is 96.5 Å². The first-order valence-corrected chi connectivity index (χ1v) is 11.9. The van der Waals surface area contributed by atoms with Gasteiger partial charge >= 0.3 is 6.03 Å². The van der Waals surface area contributed by atoms with Crippen molar-refractivity contribution in [1.82, 2.24) is 10.6 Å². The Morgan fingerprint density at radius 3 is 2.00 bits per heavy atom. The van der Waals surface area contributed by atoms with Crippen LogP contribution in [0.4, 0.5) is 10.5 Å². The second-order valence-electron chi connectivity index (χ2n) is 8.28. The summed E-state index contributed by atoms with van der Waals surface area (Å²) in [5, 5.41) is 8.61. The summed E-state index contributed by atoms with van der Waals surface area (Å²) in [7, 11) is 0. The first kappa shape index (κ1) is 24.5. The van der Waals surface area contributed by atoms with E-state index in [4.69, 9.17) is 0 Å². The molecule has 0 radical (unpaired) electrons. The Hall–Kier alpha value is -3.12. The minimum atomic E-state index is -0.635. The number of carbonyl (C=O) groups excluding carboxylic acids is 2. The molecule has 3 aromatic rings. The summed E-state index contributed by atoms with van der Waals surface area (Å²) < 4.78 is 0.866. The molecule has 0 aliphatic carbocycles. The van der Waals surface area contributed by atoms with E-state index in [0.29, 0.717) is 12.2 Å². The highest BCUT2D eigenvalue weighted by atomic mass is 79.9. The molecule has 0 aromatic heterocycles. The Labute approximate surface area is 204 Å². The number of hydrogen-bond donors (Lipinski definition) is 3. The van der Waals surface area contributed by atoms with Crippen LogP contribution in [0.25, 0.3) is 0 Å². The van der Waals surface area contributed by atoms with Crippen LogP contribution >= 0.6 is 15.9 Å². The maximum absolute atomic E-state index is 12.9. The van der Waals surface area contributed by atoms with E-state index in [0.717, 1.165) is 10.9 Å². The van der Waals surface area contributed by atoms with Crippen LogP contribution in [-0.4, -0.2) is 24.5 Å². The molecule has 0 saturated heterocycles. The monoisotopic (exact) mass is 507 g/mol. The Morgan fingerprint density at radius 2 is 1.45 bits per heavy atom. The Bertz CT molecular complexity index is 1000. The van der Waals surface area contributed by atoms with Crippen molar-refractivity contribution in [3.63, 3.8) is 0 Å². The highest BCUT2D eigenvalue weighted by molar-refractivity contribution is 9.10. The SMILES string of the molecule is CC(C)C(NC(=O)Nc1cccc(Br)c1)C(=O)NCCC(c1ccccc1)c1ccccc1. The molecule has 172 valence electrons. The third-order valence-electron chi connectivity index (χ3n) is 5.45. The van der Waals surface area contributed by atoms with Gasteiger partial charge in [0.1, 0.15) is 6.04 Å². The molecule has 0 fully saturated rings. The van der Waals surface area contributed by atoms with Crippen molar-refractivity contribution in [3.8, 4) is 0 Å². The fourth-order valence-corrected chi connectivity index (χ4v) is 4.15. The van der Waals surface area contributed by atoms with Crippen molar-refractivity contribution >= 4 is 33.6 Å². The lowest BCUT2D eigenvalue weighted by Gasteiger charge is -2.23. The lowest BCUT2D eigenvalue weighted by atomic mass is 9.88. The zero-order valence-electron chi connectivity index (χ0n) is 18.9. The van der Waals surface area contributed by atoms with Crippen molar-refractivity contribution in [2.45, 2.75) is 32.2 Å². The molecule has 33 heavy (non-hydrogen) atoms. The molecule has 6 heteroatoms. The van der Waals surface area contributed by atoms with Gasteiger partial charge in [-0.25, -0.2) is 4.79 Å². The van der Waals surface area contributed by atoms with Gasteiger partial charge in [0, 0.05) is 22.6 Å². The number of halogens is 1. The summed E-state index contributed by atoms with van der Waals surface area (Å²) in [6.07, 6.45) is 0.759. The third kappa shape index (κ3) is 7.46. The van der Waals surface area contributed by atoms with Gasteiger partial charge in [0.15, 0.2) is 0 Å². The predicted molar refractivity (Wildman–Crippen MR) is 137 cm³/mol. The van der Waals surface area contributed by atoms with Crippen LogP contribution in [0.2, 0.25) is 0 Å². The van der Waals surface area contributed by atoms with Gasteiger partial charge in [0.2, 0.25) is 5.91 Å². The quantitative estimate of drug-likeness (QED) is 0.335. The van der Waals surface area contributed by atoms with Crippen molar-refractivity contribution in [2.75, 3.05) is 11.9 Å². The van der Waals surface area contributed by atoms with Crippen LogP contribution in [0.5, 0.6) is 0 Å². The third-order valence-corrected chi connectivity index (χ3v) is 5.95.